The third-order valence-electron chi connectivity index (χ3n) is 3.42. The Morgan fingerprint density at radius 1 is 1.18 bits per heavy atom. The number of imidazole rings is 1. The molecule has 1 aromatic heterocycles. The highest BCUT2D eigenvalue weighted by molar-refractivity contribution is 6.42. The van der Waals surface area contributed by atoms with Crippen molar-refractivity contribution in [3.8, 4) is 0 Å². The number of rotatable bonds is 3. The summed E-state index contributed by atoms with van der Waals surface area (Å²) in [5, 5.41) is 3.65. The summed E-state index contributed by atoms with van der Waals surface area (Å²) < 4.78 is 1.95. The number of hydrogen-bond acceptors (Lipinski definition) is 2. The maximum atomic E-state index is 12.1. The van der Waals surface area contributed by atoms with E-state index in [1.807, 2.05) is 29.8 Å². The molecule has 2 aromatic carbocycles. The van der Waals surface area contributed by atoms with E-state index in [9.17, 15) is 4.79 Å². The number of halogens is 2. The molecular formula is C16H13Cl2N3O. The molecule has 0 unspecified atom stereocenters. The Balaban J connectivity index is 1.72. The van der Waals surface area contributed by atoms with Gasteiger partial charge in [0.25, 0.3) is 5.91 Å². The highest BCUT2D eigenvalue weighted by Crippen LogP contribution is 2.22. The Morgan fingerprint density at radius 3 is 2.77 bits per heavy atom. The average molecular weight is 334 g/mol. The predicted octanol–water partition coefficient (Wildman–Crippen LogP) is 3.81. The van der Waals surface area contributed by atoms with E-state index >= 15 is 0 Å². The maximum Gasteiger partial charge on any atom is 0.251 e. The lowest BCUT2D eigenvalue weighted by Gasteiger charge is -2.06. The minimum Gasteiger partial charge on any atom is -0.348 e. The first-order chi connectivity index (χ1) is 10.5. The SMILES string of the molecule is Cn1cnc2cc(CNC(=O)c3ccc(Cl)c(Cl)c3)ccc21. The third-order valence-corrected chi connectivity index (χ3v) is 4.16. The summed E-state index contributed by atoms with van der Waals surface area (Å²) in [5.41, 5.74) is 3.43. The van der Waals surface area contributed by atoms with Crippen LogP contribution in [0.25, 0.3) is 11.0 Å². The zero-order valence-electron chi connectivity index (χ0n) is 11.8. The fraction of sp³-hybridized carbons (Fsp3) is 0.125. The van der Waals surface area contributed by atoms with Crippen molar-refractivity contribution in [2.45, 2.75) is 6.54 Å². The Morgan fingerprint density at radius 2 is 2.00 bits per heavy atom. The second kappa shape index (κ2) is 5.99. The first-order valence-corrected chi connectivity index (χ1v) is 7.43. The zero-order chi connectivity index (χ0) is 15.7. The lowest BCUT2D eigenvalue weighted by atomic mass is 10.1. The first-order valence-electron chi connectivity index (χ1n) is 6.68. The molecule has 0 fully saturated rings. The van der Waals surface area contributed by atoms with Crippen molar-refractivity contribution >= 4 is 40.1 Å². The fourth-order valence-corrected chi connectivity index (χ4v) is 2.51. The van der Waals surface area contributed by atoms with E-state index in [0.717, 1.165) is 16.6 Å². The van der Waals surface area contributed by atoms with E-state index in [2.05, 4.69) is 10.3 Å². The van der Waals surface area contributed by atoms with Crippen LogP contribution in [0.4, 0.5) is 0 Å². The topological polar surface area (TPSA) is 46.9 Å². The van der Waals surface area contributed by atoms with E-state index in [-0.39, 0.29) is 5.91 Å². The molecule has 1 heterocycles. The summed E-state index contributed by atoms with van der Waals surface area (Å²) in [7, 11) is 1.95. The van der Waals surface area contributed by atoms with Crippen molar-refractivity contribution in [3.05, 3.63) is 63.9 Å². The number of hydrogen-bond donors (Lipinski definition) is 1. The highest BCUT2D eigenvalue weighted by atomic mass is 35.5. The van der Waals surface area contributed by atoms with Crippen LogP contribution in [0.1, 0.15) is 15.9 Å². The Hall–Kier alpha value is -2.04. The van der Waals surface area contributed by atoms with Gasteiger partial charge in [-0.15, -0.1) is 0 Å². The van der Waals surface area contributed by atoms with Gasteiger partial charge >= 0.3 is 0 Å². The number of benzene rings is 2. The van der Waals surface area contributed by atoms with Gasteiger partial charge in [-0.25, -0.2) is 4.98 Å². The number of aromatic nitrogens is 2. The number of aryl methyl sites for hydroxylation is 1. The van der Waals surface area contributed by atoms with Crippen molar-refractivity contribution in [1.29, 1.82) is 0 Å². The predicted molar refractivity (Wildman–Crippen MR) is 88.3 cm³/mol. The van der Waals surface area contributed by atoms with E-state index in [1.165, 1.54) is 0 Å². The van der Waals surface area contributed by atoms with Gasteiger partial charge in [-0.3, -0.25) is 4.79 Å². The van der Waals surface area contributed by atoms with E-state index < -0.39 is 0 Å². The van der Waals surface area contributed by atoms with Crippen molar-refractivity contribution < 1.29 is 4.79 Å². The molecular weight excluding hydrogens is 321 g/mol. The Labute approximate surface area is 137 Å². The second-order valence-corrected chi connectivity index (χ2v) is 5.80. The van der Waals surface area contributed by atoms with Crippen LogP contribution >= 0.6 is 23.2 Å². The average Bonchev–Trinajstić information content (AvgIpc) is 2.88. The van der Waals surface area contributed by atoms with Gasteiger partial charge in [-0.1, -0.05) is 29.3 Å². The molecule has 22 heavy (non-hydrogen) atoms. The number of carbonyl (C=O) groups is 1. The number of carbonyl (C=O) groups excluding carboxylic acids is 1. The number of amides is 1. The summed E-state index contributed by atoms with van der Waals surface area (Å²) in [5.74, 6) is -0.195. The Kier molecular flexibility index (Phi) is 4.05. The molecule has 0 aliphatic rings. The monoisotopic (exact) mass is 333 g/mol. The van der Waals surface area contributed by atoms with Gasteiger partial charge in [0.15, 0.2) is 0 Å². The first kappa shape index (κ1) is 14.9. The largest absolute Gasteiger partial charge is 0.348 e. The molecule has 0 saturated heterocycles. The van der Waals surface area contributed by atoms with Gasteiger partial charge in [0, 0.05) is 19.2 Å². The van der Waals surface area contributed by atoms with Crippen molar-refractivity contribution in [2.24, 2.45) is 7.05 Å². The molecule has 0 atom stereocenters. The van der Waals surface area contributed by atoms with Gasteiger partial charge < -0.3 is 9.88 Å². The standard InChI is InChI=1S/C16H13Cl2N3O/c1-21-9-20-14-6-10(2-5-15(14)21)8-19-16(22)11-3-4-12(17)13(18)7-11/h2-7,9H,8H2,1H3,(H,19,22). The summed E-state index contributed by atoms with van der Waals surface area (Å²) in [4.78, 5) is 16.4. The minimum absolute atomic E-state index is 0.195. The molecule has 4 nitrogen and oxygen atoms in total. The normalized spacial score (nSPS) is 10.9. The van der Waals surface area contributed by atoms with Crippen molar-refractivity contribution in [3.63, 3.8) is 0 Å². The number of nitrogens with zero attached hydrogens (tertiary/aromatic N) is 2. The Bertz CT molecular complexity index is 858. The van der Waals surface area contributed by atoms with E-state index in [0.29, 0.717) is 22.2 Å². The molecule has 1 N–H and O–H groups in total. The van der Waals surface area contributed by atoms with Gasteiger partial charge in [0.1, 0.15) is 0 Å². The molecule has 0 saturated carbocycles. The molecule has 3 aromatic rings. The van der Waals surface area contributed by atoms with Crippen molar-refractivity contribution in [2.75, 3.05) is 0 Å². The number of fused-ring (bicyclic) bond motifs is 1. The summed E-state index contributed by atoms with van der Waals surface area (Å²) in [6.07, 6.45) is 1.77. The third kappa shape index (κ3) is 2.93. The molecule has 3 rings (SSSR count). The van der Waals surface area contributed by atoms with Crippen LogP contribution in [0.2, 0.25) is 10.0 Å². The molecule has 112 valence electrons. The van der Waals surface area contributed by atoms with Crippen molar-refractivity contribution in [1.82, 2.24) is 14.9 Å². The molecule has 6 heteroatoms. The summed E-state index contributed by atoms with van der Waals surface area (Å²) in [6.45, 7) is 0.422. The van der Waals surface area contributed by atoms with Gasteiger partial charge in [-0.05, 0) is 35.9 Å². The minimum atomic E-state index is -0.195. The summed E-state index contributed by atoms with van der Waals surface area (Å²) >= 11 is 11.8. The van der Waals surface area contributed by atoms with Crippen LogP contribution in [0, 0.1) is 0 Å². The lowest BCUT2D eigenvalue weighted by molar-refractivity contribution is 0.0951. The van der Waals surface area contributed by atoms with Crippen LogP contribution in [0.3, 0.4) is 0 Å². The van der Waals surface area contributed by atoms with Crippen LogP contribution in [0.15, 0.2) is 42.7 Å². The quantitative estimate of drug-likeness (QED) is 0.792. The van der Waals surface area contributed by atoms with Gasteiger partial charge in [0.2, 0.25) is 0 Å². The molecule has 0 aliphatic heterocycles. The van der Waals surface area contributed by atoms with Crippen LogP contribution in [-0.2, 0) is 13.6 Å². The van der Waals surface area contributed by atoms with Crippen LogP contribution < -0.4 is 5.32 Å². The number of nitrogens with one attached hydrogen (secondary N) is 1. The van der Waals surface area contributed by atoms with Crippen LogP contribution in [0.5, 0.6) is 0 Å². The lowest BCUT2D eigenvalue weighted by Crippen LogP contribution is -2.22. The van der Waals surface area contributed by atoms with Crippen LogP contribution in [-0.4, -0.2) is 15.5 Å². The second-order valence-electron chi connectivity index (χ2n) is 4.99. The zero-order valence-corrected chi connectivity index (χ0v) is 13.3. The van der Waals surface area contributed by atoms with Gasteiger partial charge in [-0.2, -0.15) is 0 Å². The smallest absolute Gasteiger partial charge is 0.251 e. The van der Waals surface area contributed by atoms with Gasteiger partial charge in [0.05, 0.1) is 27.4 Å². The molecule has 0 spiro atoms. The maximum absolute atomic E-state index is 12.1. The van der Waals surface area contributed by atoms with E-state index in [4.69, 9.17) is 23.2 Å². The highest BCUT2D eigenvalue weighted by Gasteiger charge is 2.08. The van der Waals surface area contributed by atoms with E-state index in [1.54, 1.807) is 24.5 Å². The molecule has 0 aliphatic carbocycles. The molecule has 1 amide bonds. The molecule has 0 radical (unpaired) electrons. The molecule has 0 bridgehead atoms. The summed E-state index contributed by atoms with van der Waals surface area (Å²) in [6, 6.07) is 10.7. The fourth-order valence-electron chi connectivity index (χ4n) is 2.21.